The van der Waals surface area contributed by atoms with Crippen LogP contribution in [0.5, 0.6) is 11.5 Å². The third kappa shape index (κ3) is 3.11. The van der Waals surface area contributed by atoms with Crippen LogP contribution in [0.2, 0.25) is 0 Å². The molecule has 5 rings (SSSR count). The van der Waals surface area contributed by atoms with Gasteiger partial charge in [-0.1, -0.05) is 0 Å². The van der Waals surface area contributed by atoms with E-state index in [1.165, 1.54) is 6.26 Å². The number of nitrogens with one attached hydrogen (secondary N) is 2. The van der Waals surface area contributed by atoms with Gasteiger partial charge in [0.05, 0.1) is 18.5 Å². The molecule has 8 nitrogen and oxygen atoms in total. The van der Waals surface area contributed by atoms with Crippen molar-refractivity contribution in [1.29, 1.82) is 0 Å². The fourth-order valence-corrected chi connectivity index (χ4v) is 3.58. The van der Waals surface area contributed by atoms with Gasteiger partial charge in [-0.2, -0.15) is 18.3 Å². The van der Waals surface area contributed by atoms with Crippen molar-refractivity contribution in [3.05, 3.63) is 54.1 Å². The predicted octanol–water partition coefficient (Wildman–Crippen LogP) is 4.12. The zero-order valence-corrected chi connectivity index (χ0v) is 15.3. The molecule has 2 atom stereocenters. The molecule has 0 radical (unpaired) electrons. The normalized spacial score (nSPS) is 19.8. The Morgan fingerprint density at radius 3 is 2.83 bits per heavy atom. The molecule has 0 spiro atoms. The summed E-state index contributed by atoms with van der Waals surface area (Å²) in [6.07, 6.45) is -2.35. The van der Waals surface area contributed by atoms with E-state index in [1.54, 1.807) is 30.3 Å². The number of hydrogen-bond acceptors (Lipinski definition) is 6. The average Bonchev–Trinajstić information content (AvgIpc) is 3.45. The highest BCUT2D eigenvalue weighted by Gasteiger charge is 2.47. The number of nitrogens with zero attached hydrogens (tertiary/aromatic N) is 2. The standard InChI is InChI=1S/C19H15F3N4O4/c20-19(21,22)16-7-12(13-2-1-5-28-13)25-17-11(8-23-26(16)17)18(27)24-10-3-4-14-15(6-10)30-9-29-14/h1-6,8,12,16,25H,7,9H2,(H,24,27). The van der Waals surface area contributed by atoms with Gasteiger partial charge < -0.3 is 24.5 Å². The van der Waals surface area contributed by atoms with Crippen molar-refractivity contribution >= 4 is 17.4 Å². The number of benzene rings is 1. The van der Waals surface area contributed by atoms with Crippen molar-refractivity contribution in [2.45, 2.75) is 24.7 Å². The average molecular weight is 420 g/mol. The molecule has 0 saturated heterocycles. The Hall–Kier alpha value is -3.63. The lowest BCUT2D eigenvalue weighted by Gasteiger charge is -2.32. The number of rotatable bonds is 3. The summed E-state index contributed by atoms with van der Waals surface area (Å²) < 4.78 is 57.6. The van der Waals surface area contributed by atoms with E-state index in [1.807, 2.05) is 0 Å². The quantitative estimate of drug-likeness (QED) is 0.663. The summed E-state index contributed by atoms with van der Waals surface area (Å²) in [4.78, 5) is 12.8. The van der Waals surface area contributed by atoms with Crippen molar-refractivity contribution in [2.75, 3.05) is 17.4 Å². The summed E-state index contributed by atoms with van der Waals surface area (Å²) in [6.45, 7) is 0.0839. The Morgan fingerprint density at radius 2 is 2.07 bits per heavy atom. The minimum absolute atomic E-state index is 0.0156. The van der Waals surface area contributed by atoms with Gasteiger partial charge in [0.15, 0.2) is 17.5 Å². The Bertz CT molecular complexity index is 1090. The maximum Gasteiger partial charge on any atom is 0.410 e. The lowest BCUT2D eigenvalue weighted by molar-refractivity contribution is -0.174. The van der Waals surface area contributed by atoms with E-state index in [0.717, 1.165) is 10.9 Å². The maximum absolute atomic E-state index is 13.7. The summed E-state index contributed by atoms with van der Waals surface area (Å²) in [5.41, 5.74) is 0.396. The molecule has 0 fully saturated rings. The molecule has 2 unspecified atom stereocenters. The van der Waals surface area contributed by atoms with Crippen LogP contribution in [0.15, 0.2) is 47.2 Å². The summed E-state index contributed by atoms with van der Waals surface area (Å²) in [7, 11) is 0. The number of alkyl halides is 3. The maximum atomic E-state index is 13.7. The highest BCUT2D eigenvalue weighted by atomic mass is 19.4. The smallest absolute Gasteiger partial charge is 0.410 e. The Labute approximate surface area is 167 Å². The molecule has 2 N–H and O–H groups in total. The molecule has 0 aliphatic carbocycles. The summed E-state index contributed by atoms with van der Waals surface area (Å²) in [5, 5.41) is 9.45. The van der Waals surface area contributed by atoms with Crippen LogP contribution in [0, 0.1) is 0 Å². The van der Waals surface area contributed by atoms with Crippen molar-refractivity contribution in [1.82, 2.24) is 9.78 Å². The first-order valence-corrected chi connectivity index (χ1v) is 9.05. The topological polar surface area (TPSA) is 90.5 Å². The number of anilines is 2. The molecule has 3 aromatic rings. The fourth-order valence-electron chi connectivity index (χ4n) is 3.58. The van der Waals surface area contributed by atoms with Crippen LogP contribution in [0.3, 0.4) is 0 Å². The lowest BCUT2D eigenvalue weighted by Crippen LogP contribution is -2.36. The first-order chi connectivity index (χ1) is 14.4. The summed E-state index contributed by atoms with van der Waals surface area (Å²) >= 11 is 0. The monoisotopic (exact) mass is 420 g/mol. The number of carbonyl (C=O) groups excluding carboxylic acids is 1. The molecule has 30 heavy (non-hydrogen) atoms. The van der Waals surface area contributed by atoms with Crippen molar-refractivity contribution in [3.8, 4) is 11.5 Å². The second-order valence-corrected chi connectivity index (χ2v) is 6.88. The lowest BCUT2D eigenvalue weighted by atomic mass is 10.0. The van der Waals surface area contributed by atoms with Crippen molar-refractivity contribution in [3.63, 3.8) is 0 Å². The predicted molar refractivity (Wildman–Crippen MR) is 97.5 cm³/mol. The van der Waals surface area contributed by atoms with Gasteiger partial charge >= 0.3 is 6.18 Å². The Balaban J connectivity index is 1.46. The van der Waals surface area contributed by atoms with E-state index in [4.69, 9.17) is 13.9 Å². The summed E-state index contributed by atoms with van der Waals surface area (Å²) in [5.74, 6) is 0.732. The number of halogens is 3. The van der Waals surface area contributed by atoms with E-state index in [0.29, 0.717) is 22.9 Å². The summed E-state index contributed by atoms with van der Waals surface area (Å²) in [6, 6.07) is 5.36. The van der Waals surface area contributed by atoms with Gasteiger partial charge in [0.2, 0.25) is 6.79 Å². The van der Waals surface area contributed by atoms with Crippen LogP contribution in [-0.2, 0) is 0 Å². The molecule has 2 aromatic heterocycles. The largest absolute Gasteiger partial charge is 0.467 e. The van der Waals surface area contributed by atoms with Crippen LogP contribution in [0.4, 0.5) is 24.7 Å². The van der Waals surface area contributed by atoms with Gasteiger partial charge in [-0.05, 0) is 24.3 Å². The molecule has 0 saturated carbocycles. The van der Waals surface area contributed by atoms with Gasteiger partial charge in [0, 0.05) is 18.2 Å². The molecule has 0 bridgehead atoms. The molecule has 156 valence electrons. The van der Waals surface area contributed by atoms with Gasteiger partial charge in [-0.25, -0.2) is 4.68 Å². The molecule has 1 amide bonds. The minimum atomic E-state index is -4.54. The van der Waals surface area contributed by atoms with Crippen LogP contribution < -0.4 is 20.1 Å². The zero-order valence-electron chi connectivity index (χ0n) is 15.3. The third-order valence-electron chi connectivity index (χ3n) is 5.00. The molecule has 2 aliphatic heterocycles. The van der Waals surface area contributed by atoms with E-state index in [-0.39, 0.29) is 24.6 Å². The Kier molecular flexibility index (Phi) is 4.12. The van der Waals surface area contributed by atoms with Gasteiger partial charge in [0.25, 0.3) is 5.91 Å². The number of amides is 1. The zero-order chi connectivity index (χ0) is 20.9. The number of hydrogen-bond donors (Lipinski definition) is 2. The van der Waals surface area contributed by atoms with E-state index in [2.05, 4.69) is 15.7 Å². The molecule has 4 heterocycles. The van der Waals surface area contributed by atoms with Gasteiger partial charge in [0.1, 0.15) is 17.1 Å². The molecular formula is C19H15F3N4O4. The SMILES string of the molecule is O=C(Nc1ccc2c(c1)OCO2)c1cnn2c1NC(c1ccco1)CC2C(F)(F)F. The van der Waals surface area contributed by atoms with Gasteiger partial charge in [-0.3, -0.25) is 4.79 Å². The first-order valence-electron chi connectivity index (χ1n) is 9.05. The first kappa shape index (κ1) is 18.4. The van der Waals surface area contributed by atoms with E-state index in [9.17, 15) is 18.0 Å². The van der Waals surface area contributed by atoms with Crippen LogP contribution in [0.25, 0.3) is 0 Å². The number of carbonyl (C=O) groups is 1. The van der Waals surface area contributed by atoms with Crippen LogP contribution in [0.1, 0.15) is 34.6 Å². The minimum Gasteiger partial charge on any atom is -0.467 e. The van der Waals surface area contributed by atoms with Crippen LogP contribution >= 0.6 is 0 Å². The number of aromatic nitrogens is 2. The number of fused-ring (bicyclic) bond motifs is 2. The fraction of sp³-hybridized carbons (Fsp3) is 0.263. The molecule has 1 aromatic carbocycles. The highest BCUT2D eigenvalue weighted by molar-refractivity contribution is 6.07. The number of furan rings is 1. The van der Waals surface area contributed by atoms with Gasteiger partial charge in [-0.15, -0.1) is 0 Å². The highest BCUT2D eigenvalue weighted by Crippen LogP contribution is 2.44. The van der Waals surface area contributed by atoms with Crippen LogP contribution in [-0.4, -0.2) is 28.7 Å². The molecule has 11 heteroatoms. The Morgan fingerprint density at radius 1 is 1.23 bits per heavy atom. The second kappa shape index (κ2) is 6.71. The van der Waals surface area contributed by atoms with Crippen molar-refractivity contribution < 1.29 is 31.9 Å². The van der Waals surface area contributed by atoms with Crippen molar-refractivity contribution in [2.24, 2.45) is 0 Å². The number of ether oxygens (including phenoxy) is 2. The molecular weight excluding hydrogens is 405 g/mol. The second-order valence-electron chi connectivity index (χ2n) is 6.88. The van der Waals surface area contributed by atoms with E-state index < -0.39 is 24.2 Å². The van der Waals surface area contributed by atoms with E-state index >= 15 is 0 Å². The third-order valence-corrected chi connectivity index (χ3v) is 5.00. The molecule has 2 aliphatic rings.